The number of rotatable bonds is 5. The molecule has 2 atom stereocenters. The van der Waals surface area contributed by atoms with Crippen molar-refractivity contribution in [1.82, 2.24) is 10.2 Å². The van der Waals surface area contributed by atoms with Gasteiger partial charge in [-0.25, -0.2) is 0 Å². The van der Waals surface area contributed by atoms with Crippen LogP contribution in [-0.2, 0) is 6.54 Å². The molecule has 3 nitrogen and oxygen atoms in total. The van der Waals surface area contributed by atoms with Crippen molar-refractivity contribution in [2.24, 2.45) is 5.92 Å². The van der Waals surface area contributed by atoms with Gasteiger partial charge in [-0.15, -0.1) is 0 Å². The van der Waals surface area contributed by atoms with Crippen LogP contribution in [-0.4, -0.2) is 23.9 Å². The van der Waals surface area contributed by atoms with E-state index in [-0.39, 0.29) is 11.9 Å². The molecule has 3 rings (SSSR count). The average Bonchev–Trinajstić information content (AvgIpc) is 2.64. The lowest BCUT2D eigenvalue weighted by atomic mass is 9.99. The van der Waals surface area contributed by atoms with Gasteiger partial charge in [0.1, 0.15) is 0 Å². The summed E-state index contributed by atoms with van der Waals surface area (Å²) in [5.41, 5.74) is 5.67. The van der Waals surface area contributed by atoms with Gasteiger partial charge in [-0.05, 0) is 80.5 Å². The molecule has 1 aliphatic rings. The van der Waals surface area contributed by atoms with Crippen LogP contribution in [0.3, 0.4) is 0 Å². The van der Waals surface area contributed by atoms with E-state index in [1.54, 1.807) is 0 Å². The summed E-state index contributed by atoms with van der Waals surface area (Å²) >= 11 is 0. The third-order valence-electron chi connectivity index (χ3n) is 5.74. The predicted octanol–water partition coefficient (Wildman–Crippen LogP) is 5.03. The number of hydrogen-bond donors (Lipinski definition) is 1. The molecule has 3 heteroatoms. The zero-order valence-electron chi connectivity index (χ0n) is 17.1. The molecule has 0 bridgehead atoms. The second kappa shape index (κ2) is 8.71. The van der Waals surface area contributed by atoms with Gasteiger partial charge in [-0.1, -0.05) is 37.3 Å². The molecule has 1 N–H and O–H groups in total. The van der Waals surface area contributed by atoms with Crippen LogP contribution in [0.5, 0.6) is 0 Å². The monoisotopic (exact) mass is 364 g/mol. The first kappa shape index (κ1) is 19.6. The summed E-state index contributed by atoms with van der Waals surface area (Å²) in [6, 6.07) is 14.4. The van der Waals surface area contributed by atoms with Crippen LogP contribution in [0.4, 0.5) is 0 Å². The minimum absolute atomic E-state index is 0.00804. The minimum atomic E-state index is -0.0149. The maximum absolute atomic E-state index is 12.6. The molecule has 1 saturated heterocycles. The summed E-state index contributed by atoms with van der Waals surface area (Å²) in [7, 11) is 0. The Balaban J connectivity index is 1.59. The SMILES string of the molecule is Cc1ccc([C@@H](C)NC(=O)c2ccc(CN3CCC[C@@H](C)C3)cc2)cc1C. The van der Waals surface area contributed by atoms with Gasteiger partial charge >= 0.3 is 0 Å². The van der Waals surface area contributed by atoms with Gasteiger partial charge < -0.3 is 5.32 Å². The van der Waals surface area contributed by atoms with E-state index in [9.17, 15) is 4.79 Å². The van der Waals surface area contributed by atoms with E-state index in [0.717, 1.165) is 23.6 Å². The Morgan fingerprint density at radius 2 is 1.89 bits per heavy atom. The van der Waals surface area contributed by atoms with E-state index in [4.69, 9.17) is 0 Å². The fraction of sp³-hybridized carbons (Fsp3) is 0.458. The van der Waals surface area contributed by atoms with Crippen LogP contribution in [0.15, 0.2) is 42.5 Å². The van der Waals surface area contributed by atoms with E-state index < -0.39 is 0 Å². The minimum Gasteiger partial charge on any atom is -0.346 e. The molecule has 2 aromatic rings. The number of nitrogens with one attached hydrogen (secondary N) is 1. The highest BCUT2D eigenvalue weighted by Gasteiger charge is 2.17. The molecule has 0 radical (unpaired) electrons. The van der Waals surface area contributed by atoms with E-state index in [0.29, 0.717) is 0 Å². The molecular formula is C24H32N2O. The van der Waals surface area contributed by atoms with Gasteiger partial charge in [0.25, 0.3) is 5.91 Å². The largest absolute Gasteiger partial charge is 0.346 e. The Kier molecular flexibility index (Phi) is 6.33. The lowest BCUT2D eigenvalue weighted by molar-refractivity contribution is 0.0940. The van der Waals surface area contributed by atoms with E-state index in [2.05, 4.69) is 61.3 Å². The van der Waals surface area contributed by atoms with Crippen LogP contribution in [0.25, 0.3) is 0 Å². The number of nitrogens with zero attached hydrogens (tertiary/aromatic N) is 1. The fourth-order valence-electron chi connectivity index (χ4n) is 3.85. The van der Waals surface area contributed by atoms with Crippen molar-refractivity contribution in [3.63, 3.8) is 0 Å². The number of carbonyl (C=O) groups is 1. The number of aryl methyl sites for hydroxylation is 2. The first-order chi connectivity index (χ1) is 12.9. The van der Waals surface area contributed by atoms with Crippen molar-refractivity contribution in [3.8, 4) is 0 Å². The molecule has 27 heavy (non-hydrogen) atoms. The molecule has 0 saturated carbocycles. The molecule has 1 heterocycles. The third kappa shape index (κ3) is 5.20. The summed E-state index contributed by atoms with van der Waals surface area (Å²) < 4.78 is 0. The topological polar surface area (TPSA) is 32.3 Å². The molecule has 0 unspecified atom stereocenters. The molecule has 0 aromatic heterocycles. The summed E-state index contributed by atoms with van der Waals surface area (Å²) in [4.78, 5) is 15.1. The standard InChI is InChI=1S/C24H32N2O/c1-17-6-5-13-26(15-17)16-21-8-11-22(12-9-21)24(27)25-20(4)23-10-7-18(2)19(3)14-23/h7-12,14,17,20H,5-6,13,15-16H2,1-4H3,(H,25,27)/t17-,20-/m1/s1. The van der Waals surface area contributed by atoms with Crippen molar-refractivity contribution in [2.75, 3.05) is 13.1 Å². The van der Waals surface area contributed by atoms with Crippen molar-refractivity contribution in [3.05, 3.63) is 70.3 Å². The van der Waals surface area contributed by atoms with E-state index in [1.165, 1.54) is 42.6 Å². The first-order valence-electron chi connectivity index (χ1n) is 10.1. The van der Waals surface area contributed by atoms with Crippen molar-refractivity contribution < 1.29 is 4.79 Å². The molecule has 2 aromatic carbocycles. The number of amides is 1. The molecule has 1 fully saturated rings. The maximum atomic E-state index is 12.6. The predicted molar refractivity (Wildman–Crippen MR) is 112 cm³/mol. The van der Waals surface area contributed by atoms with Crippen molar-refractivity contribution in [1.29, 1.82) is 0 Å². The van der Waals surface area contributed by atoms with E-state index >= 15 is 0 Å². The normalized spacial score (nSPS) is 18.9. The Hall–Kier alpha value is -2.13. The Morgan fingerprint density at radius 1 is 1.15 bits per heavy atom. The lowest BCUT2D eigenvalue weighted by Crippen LogP contribution is -2.33. The zero-order valence-corrected chi connectivity index (χ0v) is 17.1. The highest BCUT2D eigenvalue weighted by Crippen LogP contribution is 2.19. The molecule has 1 aliphatic heterocycles. The van der Waals surface area contributed by atoms with Crippen LogP contribution in [0.1, 0.15) is 65.3 Å². The van der Waals surface area contributed by atoms with Gasteiger partial charge in [0.15, 0.2) is 0 Å². The molecule has 1 amide bonds. The summed E-state index contributed by atoms with van der Waals surface area (Å²) in [6.07, 6.45) is 2.63. The molecule has 0 spiro atoms. The number of likely N-dealkylation sites (tertiary alicyclic amines) is 1. The van der Waals surface area contributed by atoms with Crippen LogP contribution in [0.2, 0.25) is 0 Å². The van der Waals surface area contributed by atoms with Gasteiger partial charge in [-0.3, -0.25) is 9.69 Å². The van der Waals surface area contributed by atoms with Crippen LogP contribution < -0.4 is 5.32 Å². The fourth-order valence-corrected chi connectivity index (χ4v) is 3.85. The smallest absolute Gasteiger partial charge is 0.251 e. The van der Waals surface area contributed by atoms with Gasteiger partial charge in [0.2, 0.25) is 0 Å². The summed E-state index contributed by atoms with van der Waals surface area (Å²) in [5, 5.41) is 3.12. The lowest BCUT2D eigenvalue weighted by Gasteiger charge is -2.30. The maximum Gasteiger partial charge on any atom is 0.251 e. The number of benzene rings is 2. The Bertz CT molecular complexity index is 781. The molecule has 144 valence electrons. The third-order valence-corrected chi connectivity index (χ3v) is 5.74. The highest BCUT2D eigenvalue weighted by molar-refractivity contribution is 5.94. The van der Waals surface area contributed by atoms with Gasteiger partial charge in [-0.2, -0.15) is 0 Å². The molecular weight excluding hydrogens is 332 g/mol. The average molecular weight is 365 g/mol. The molecule has 0 aliphatic carbocycles. The Labute approximate surface area is 163 Å². The highest BCUT2D eigenvalue weighted by atomic mass is 16.1. The summed E-state index contributed by atoms with van der Waals surface area (Å²) in [6.45, 7) is 11.9. The second-order valence-electron chi connectivity index (χ2n) is 8.22. The quantitative estimate of drug-likeness (QED) is 0.807. The summed E-state index contributed by atoms with van der Waals surface area (Å²) in [5.74, 6) is 0.773. The van der Waals surface area contributed by atoms with Gasteiger partial charge in [0, 0.05) is 18.7 Å². The van der Waals surface area contributed by atoms with Crippen LogP contribution >= 0.6 is 0 Å². The first-order valence-corrected chi connectivity index (χ1v) is 10.1. The van der Waals surface area contributed by atoms with Gasteiger partial charge in [0.05, 0.1) is 6.04 Å². The number of piperidine rings is 1. The Morgan fingerprint density at radius 3 is 2.56 bits per heavy atom. The number of carbonyl (C=O) groups excluding carboxylic acids is 1. The second-order valence-corrected chi connectivity index (χ2v) is 8.22. The number of hydrogen-bond acceptors (Lipinski definition) is 2. The van der Waals surface area contributed by atoms with Crippen molar-refractivity contribution >= 4 is 5.91 Å². The zero-order chi connectivity index (χ0) is 19.4. The van der Waals surface area contributed by atoms with Crippen LogP contribution in [0, 0.1) is 19.8 Å². The van der Waals surface area contributed by atoms with E-state index in [1.807, 2.05) is 19.1 Å². The van der Waals surface area contributed by atoms with Crippen molar-refractivity contribution in [2.45, 2.75) is 53.1 Å².